The van der Waals surface area contributed by atoms with Crippen LogP contribution in [0.3, 0.4) is 0 Å². The third kappa shape index (κ3) is 3.22. The van der Waals surface area contributed by atoms with Crippen molar-refractivity contribution in [1.82, 2.24) is 6.15 Å². The van der Waals surface area contributed by atoms with E-state index in [2.05, 4.69) is 9.98 Å². The minimum absolute atomic E-state index is 0. The second-order valence-electron chi connectivity index (χ2n) is 1.92. The summed E-state index contributed by atoms with van der Waals surface area (Å²) in [4.78, 5) is 26.3. The van der Waals surface area contributed by atoms with Crippen LogP contribution in [0.5, 0.6) is 0 Å². The SMILES string of the molecule is N.O=C=Nc1ccc(N=C=O)cc1. The zero-order valence-electron chi connectivity index (χ0n) is 6.73. The lowest BCUT2D eigenvalue weighted by Crippen LogP contribution is -1.64. The fourth-order valence-corrected chi connectivity index (χ4v) is 0.707. The van der Waals surface area contributed by atoms with Crippen LogP contribution in [0.2, 0.25) is 0 Å². The molecule has 0 saturated heterocycles. The number of aliphatic imine (C=N–C) groups is 2. The molecule has 5 heteroatoms. The lowest BCUT2D eigenvalue weighted by Gasteiger charge is -1.89. The van der Waals surface area contributed by atoms with Gasteiger partial charge in [0.05, 0.1) is 11.4 Å². The first-order valence-corrected chi connectivity index (χ1v) is 3.12. The molecule has 0 atom stereocenters. The van der Waals surface area contributed by atoms with Gasteiger partial charge in [0, 0.05) is 0 Å². The Hall–Kier alpha value is -2.06. The Balaban J connectivity index is 0.00000144. The van der Waals surface area contributed by atoms with Gasteiger partial charge in [-0.25, -0.2) is 9.59 Å². The standard InChI is InChI=1S/C8H4N2O2.H3N/c11-5-9-7-1-2-8(4-3-7)10-6-12;/h1-4H;1H3. The molecule has 1 aromatic rings. The average molecular weight is 177 g/mol. The molecule has 3 N–H and O–H groups in total. The van der Waals surface area contributed by atoms with Crippen LogP contribution in [0.1, 0.15) is 0 Å². The van der Waals surface area contributed by atoms with Crippen molar-refractivity contribution in [3.63, 3.8) is 0 Å². The van der Waals surface area contributed by atoms with Gasteiger partial charge in [-0.1, -0.05) is 0 Å². The predicted molar refractivity (Wildman–Crippen MR) is 47.0 cm³/mol. The van der Waals surface area contributed by atoms with Gasteiger partial charge in [0.1, 0.15) is 0 Å². The van der Waals surface area contributed by atoms with E-state index in [9.17, 15) is 9.59 Å². The molecule has 13 heavy (non-hydrogen) atoms. The van der Waals surface area contributed by atoms with Crippen molar-refractivity contribution in [1.29, 1.82) is 0 Å². The zero-order valence-corrected chi connectivity index (χ0v) is 6.73. The Morgan fingerprint density at radius 2 is 1.15 bits per heavy atom. The summed E-state index contributed by atoms with van der Waals surface area (Å²) in [5.74, 6) is 0. The highest BCUT2D eigenvalue weighted by molar-refractivity contribution is 5.55. The van der Waals surface area contributed by atoms with Crippen LogP contribution in [-0.2, 0) is 9.59 Å². The van der Waals surface area contributed by atoms with E-state index in [1.807, 2.05) is 0 Å². The van der Waals surface area contributed by atoms with E-state index in [1.54, 1.807) is 24.3 Å². The quantitative estimate of drug-likeness (QED) is 0.551. The molecule has 0 unspecified atom stereocenters. The van der Waals surface area contributed by atoms with E-state index >= 15 is 0 Å². The van der Waals surface area contributed by atoms with Crippen molar-refractivity contribution >= 4 is 23.5 Å². The van der Waals surface area contributed by atoms with Crippen molar-refractivity contribution in [2.45, 2.75) is 0 Å². The number of benzene rings is 1. The molecule has 1 aromatic carbocycles. The highest BCUT2D eigenvalue weighted by Crippen LogP contribution is 2.16. The maximum Gasteiger partial charge on any atom is 0.240 e. The molecule has 0 fully saturated rings. The number of hydrogen-bond acceptors (Lipinski definition) is 5. The van der Waals surface area contributed by atoms with Gasteiger partial charge in [0.2, 0.25) is 12.2 Å². The fraction of sp³-hybridized carbons (Fsp3) is 0. The van der Waals surface area contributed by atoms with E-state index in [0.717, 1.165) is 0 Å². The highest BCUT2D eigenvalue weighted by atomic mass is 16.1. The van der Waals surface area contributed by atoms with Gasteiger partial charge >= 0.3 is 0 Å². The second-order valence-corrected chi connectivity index (χ2v) is 1.92. The Bertz CT molecular complexity index is 322. The van der Waals surface area contributed by atoms with Crippen LogP contribution in [0.15, 0.2) is 34.3 Å². The molecule has 0 aromatic heterocycles. The molecule has 0 aliphatic rings. The summed E-state index contributed by atoms with van der Waals surface area (Å²) in [6.07, 6.45) is 2.80. The smallest absolute Gasteiger partial charge is 0.240 e. The molecule has 5 nitrogen and oxygen atoms in total. The first-order valence-electron chi connectivity index (χ1n) is 3.12. The van der Waals surface area contributed by atoms with E-state index < -0.39 is 0 Å². The maximum absolute atomic E-state index is 9.81. The van der Waals surface area contributed by atoms with Crippen LogP contribution >= 0.6 is 0 Å². The molecule has 1 rings (SSSR count). The van der Waals surface area contributed by atoms with Crippen molar-refractivity contribution < 1.29 is 9.59 Å². The fourth-order valence-electron chi connectivity index (χ4n) is 0.707. The van der Waals surface area contributed by atoms with Gasteiger partial charge in [0.25, 0.3) is 0 Å². The third-order valence-corrected chi connectivity index (χ3v) is 1.20. The van der Waals surface area contributed by atoms with E-state index in [1.165, 1.54) is 12.2 Å². The summed E-state index contributed by atoms with van der Waals surface area (Å²) in [5, 5.41) is 0. The first kappa shape index (κ1) is 10.9. The normalized spacial score (nSPS) is 7.38. The zero-order chi connectivity index (χ0) is 8.81. The van der Waals surface area contributed by atoms with E-state index in [-0.39, 0.29) is 6.15 Å². The van der Waals surface area contributed by atoms with Crippen LogP contribution in [0.25, 0.3) is 0 Å². The van der Waals surface area contributed by atoms with Gasteiger partial charge < -0.3 is 6.15 Å². The molecular formula is C8H7N3O2. The lowest BCUT2D eigenvalue weighted by atomic mass is 10.3. The molecule has 0 bridgehead atoms. The van der Waals surface area contributed by atoms with Crippen LogP contribution in [0.4, 0.5) is 11.4 Å². The number of rotatable bonds is 2. The maximum atomic E-state index is 9.81. The lowest BCUT2D eigenvalue weighted by molar-refractivity contribution is 0.564. The molecule has 0 aliphatic heterocycles. The van der Waals surface area contributed by atoms with Crippen LogP contribution in [-0.4, -0.2) is 12.2 Å². The largest absolute Gasteiger partial charge is 0.344 e. The van der Waals surface area contributed by atoms with Gasteiger partial charge in [-0.2, -0.15) is 9.98 Å². The highest BCUT2D eigenvalue weighted by Gasteiger charge is 1.89. The number of carbonyl (C=O) groups excluding carboxylic acids is 2. The Kier molecular flexibility index (Phi) is 4.69. The Morgan fingerprint density at radius 3 is 1.38 bits per heavy atom. The molecule has 0 saturated carbocycles. The van der Waals surface area contributed by atoms with Crippen molar-refractivity contribution in [3.8, 4) is 0 Å². The molecule has 0 heterocycles. The minimum atomic E-state index is 0. The van der Waals surface area contributed by atoms with E-state index in [0.29, 0.717) is 11.4 Å². The van der Waals surface area contributed by atoms with Crippen LogP contribution in [0, 0.1) is 0 Å². The first-order chi connectivity index (χ1) is 5.86. The summed E-state index contributed by atoms with van der Waals surface area (Å²) in [5.41, 5.74) is 0.963. The Morgan fingerprint density at radius 1 is 0.846 bits per heavy atom. The molecule has 0 spiro atoms. The summed E-state index contributed by atoms with van der Waals surface area (Å²) in [7, 11) is 0. The van der Waals surface area contributed by atoms with Crippen LogP contribution < -0.4 is 6.15 Å². The third-order valence-electron chi connectivity index (χ3n) is 1.20. The molecule has 0 amide bonds. The molecular weight excluding hydrogens is 170 g/mol. The van der Waals surface area contributed by atoms with Gasteiger partial charge in [-0.05, 0) is 24.3 Å². The molecule has 0 aliphatic carbocycles. The van der Waals surface area contributed by atoms with E-state index in [4.69, 9.17) is 0 Å². The molecule has 0 radical (unpaired) electrons. The van der Waals surface area contributed by atoms with Gasteiger partial charge in [-0.3, -0.25) is 0 Å². The number of nitrogens with zero attached hydrogens (tertiary/aromatic N) is 2. The second kappa shape index (κ2) is 5.57. The summed E-state index contributed by atoms with van der Waals surface area (Å²) >= 11 is 0. The van der Waals surface area contributed by atoms with Gasteiger partial charge in [0.15, 0.2) is 0 Å². The summed E-state index contributed by atoms with van der Waals surface area (Å²) < 4.78 is 0. The van der Waals surface area contributed by atoms with Crippen molar-refractivity contribution in [3.05, 3.63) is 24.3 Å². The van der Waals surface area contributed by atoms with Gasteiger partial charge in [-0.15, -0.1) is 0 Å². The van der Waals surface area contributed by atoms with Crippen molar-refractivity contribution in [2.24, 2.45) is 9.98 Å². The Labute approximate surface area is 74.4 Å². The predicted octanol–water partition coefficient (Wildman–Crippen LogP) is 1.78. The minimum Gasteiger partial charge on any atom is -0.344 e. The van der Waals surface area contributed by atoms with Crippen molar-refractivity contribution in [2.75, 3.05) is 0 Å². The number of isocyanates is 2. The number of hydrogen-bond donors (Lipinski definition) is 1. The molecule has 66 valence electrons. The summed E-state index contributed by atoms with van der Waals surface area (Å²) in [6, 6.07) is 6.23. The average Bonchev–Trinajstić information content (AvgIpc) is 2.09. The topological polar surface area (TPSA) is 93.9 Å². The summed E-state index contributed by atoms with van der Waals surface area (Å²) in [6.45, 7) is 0. The monoisotopic (exact) mass is 177 g/mol.